The van der Waals surface area contributed by atoms with E-state index in [0.29, 0.717) is 12.1 Å². The van der Waals surface area contributed by atoms with Gasteiger partial charge in [0.1, 0.15) is 0 Å². The average Bonchev–Trinajstić information content (AvgIpc) is 2.61. The fraction of sp³-hybridized carbons (Fsp3) is 0.429. The summed E-state index contributed by atoms with van der Waals surface area (Å²) in [6.07, 6.45) is 4.51. The van der Waals surface area contributed by atoms with Crippen LogP contribution >= 0.6 is 0 Å². The molecule has 0 bridgehead atoms. The summed E-state index contributed by atoms with van der Waals surface area (Å²) < 4.78 is 10.7. The second-order valence-electron chi connectivity index (χ2n) is 6.67. The Morgan fingerprint density at radius 1 is 1.04 bits per heavy atom. The van der Waals surface area contributed by atoms with Gasteiger partial charge in [0.15, 0.2) is 11.5 Å². The van der Waals surface area contributed by atoms with Crippen LogP contribution in [0.3, 0.4) is 0 Å². The zero-order valence-corrected chi connectivity index (χ0v) is 14.8. The molecule has 3 nitrogen and oxygen atoms in total. The minimum absolute atomic E-state index is 0.429. The van der Waals surface area contributed by atoms with E-state index in [1.807, 2.05) is 6.07 Å². The van der Waals surface area contributed by atoms with Crippen LogP contribution in [-0.4, -0.2) is 26.3 Å². The number of benzene rings is 2. The number of fused-ring (bicyclic) bond motifs is 1. The topological polar surface area (TPSA) is 30.5 Å². The quantitative estimate of drug-likeness (QED) is 0.877. The first-order valence-corrected chi connectivity index (χ1v) is 8.73. The van der Waals surface area contributed by atoms with E-state index in [2.05, 4.69) is 48.6 Å². The van der Waals surface area contributed by atoms with E-state index in [1.54, 1.807) is 14.2 Å². The molecule has 0 aliphatic heterocycles. The van der Waals surface area contributed by atoms with Crippen molar-refractivity contribution in [2.75, 3.05) is 14.2 Å². The van der Waals surface area contributed by atoms with Crippen molar-refractivity contribution in [3.8, 4) is 11.5 Å². The molecule has 0 aromatic heterocycles. The fourth-order valence-corrected chi connectivity index (χ4v) is 3.66. The van der Waals surface area contributed by atoms with Crippen molar-refractivity contribution >= 4 is 0 Å². The van der Waals surface area contributed by atoms with Crippen LogP contribution in [0.25, 0.3) is 0 Å². The molecule has 3 heteroatoms. The van der Waals surface area contributed by atoms with Crippen molar-refractivity contribution in [2.45, 2.75) is 44.7 Å². The lowest BCUT2D eigenvalue weighted by Gasteiger charge is -2.28. The predicted molar refractivity (Wildman–Crippen MR) is 98.1 cm³/mol. The number of rotatable bonds is 6. The summed E-state index contributed by atoms with van der Waals surface area (Å²) in [6, 6.07) is 16.0. The van der Waals surface area contributed by atoms with Crippen LogP contribution in [0.1, 0.15) is 30.0 Å². The van der Waals surface area contributed by atoms with Gasteiger partial charge in [-0.05, 0) is 61.4 Å². The SMILES string of the molecule is COc1ccc(CC(C)NC2CCc3ccccc3C2)cc1OC. The molecule has 1 aliphatic rings. The van der Waals surface area contributed by atoms with Crippen LogP contribution in [-0.2, 0) is 19.3 Å². The van der Waals surface area contributed by atoms with E-state index in [4.69, 9.17) is 9.47 Å². The summed E-state index contributed by atoms with van der Waals surface area (Å²) >= 11 is 0. The van der Waals surface area contributed by atoms with Crippen molar-refractivity contribution in [1.29, 1.82) is 0 Å². The molecule has 128 valence electrons. The minimum atomic E-state index is 0.429. The molecule has 3 rings (SSSR count). The summed E-state index contributed by atoms with van der Waals surface area (Å²) in [7, 11) is 3.35. The van der Waals surface area contributed by atoms with Gasteiger partial charge in [-0.3, -0.25) is 0 Å². The Morgan fingerprint density at radius 2 is 1.79 bits per heavy atom. The Balaban J connectivity index is 1.59. The maximum atomic E-state index is 5.40. The van der Waals surface area contributed by atoms with E-state index in [9.17, 15) is 0 Å². The minimum Gasteiger partial charge on any atom is -0.493 e. The molecule has 0 radical (unpaired) electrons. The van der Waals surface area contributed by atoms with Crippen LogP contribution in [0.15, 0.2) is 42.5 Å². The third-order valence-corrected chi connectivity index (χ3v) is 4.86. The molecule has 2 atom stereocenters. The van der Waals surface area contributed by atoms with Crippen molar-refractivity contribution in [1.82, 2.24) is 5.32 Å². The summed E-state index contributed by atoms with van der Waals surface area (Å²) in [6.45, 7) is 2.26. The predicted octanol–water partition coefficient (Wildman–Crippen LogP) is 3.78. The number of ether oxygens (including phenoxy) is 2. The van der Waals surface area contributed by atoms with Crippen molar-refractivity contribution in [3.05, 3.63) is 59.2 Å². The number of methoxy groups -OCH3 is 2. The molecule has 1 aliphatic carbocycles. The van der Waals surface area contributed by atoms with E-state index in [0.717, 1.165) is 24.3 Å². The normalized spacial score (nSPS) is 17.9. The summed E-state index contributed by atoms with van der Waals surface area (Å²) in [4.78, 5) is 0. The zero-order chi connectivity index (χ0) is 16.9. The van der Waals surface area contributed by atoms with E-state index in [-0.39, 0.29) is 0 Å². The maximum Gasteiger partial charge on any atom is 0.160 e. The molecule has 0 spiro atoms. The lowest BCUT2D eigenvalue weighted by Crippen LogP contribution is -2.41. The highest BCUT2D eigenvalue weighted by Crippen LogP contribution is 2.28. The van der Waals surface area contributed by atoms with E-state index < -0.39 is 0 Å². The molecule has 0 amide bonds. The van der Waals surface area contributed by atoms with Crippen molar-refractivity contribution in [2.24, 2.45) is 0 Å². The average molecular weight is 325 g/mol. The van der Waals surface area contributed by atoms with Gasteiger partial charge in [0.2, 0.25) is 0 Å². The lowest BCUT2D eigenvalue weighted by atomic mass is 9.88. The van der Waals surface area contributed by atoms with Gasteiger partial charge in [0, 0.05) is 12.1 Å². The molecule has 0 heterocycles. The first-order chi connectivity index (χ1) is 11.7. The van der Waals surface area contributed by atoms with Crippen LogP contribution in [0.4, 0.5) is 0 Å². The fourth-order valence-electron chi connectivity index (χ4n) is 3.66. The van der Waals surface area contributed by atoms with Gasteiger partial charge in [-0.15, -0.1) is 0 Å². The molecule has 2 unspecified atom stereocenters. The highest BCUT2D eigenvalue weighted by atomic mass is 16.5. The smallest absolute Gasteiger partial charge is 0.160 e. The number of hydrogen-bond acceptors (Lipinski definition) is 3. The molecule has 0 fully saturated rings. The summed E-state index contributed by atoms with van der Waals surface area (Å²) in [5.74, 6) is 1.58. The number of nitrogens with one attached hydrogen (secondary N) is 1. The van der Waals surface area contributed by atoms with Gasteiger partial charge in [0.05, 0.1) is 14.2 Å². The first kappa shape index (κ1) is 16.8. The van der Waals surface area contributed by atoms with Gasteiger partial charge in [-0.1, -0.05) is 30.3 Å². The summed E-state index contributed by atoms with van der Waals surface area (Å²) in [5.41, 5.74) is 4.28. The number of aryl methyl sites for hydroxylation is 1. The van der Waals surface area contributed by atoms with E-state index >= 15 is 0 Å². The second kappa shape index (κ2) is 7.71. The molecule has 2 aromatic carbocycles. The Kier molecular flexibility index (Phi) is 5.41. The first-order valence-electron chi connectivity index (χ1n) is 8.73. The molecular formula is C21H27NO2. The Labute approximate surface area is 145 Å². The molecule has 2 aromatic rings. The van der Waals surface area contributed by atoms with Crippen molar-refractivity contribution < 1.29 is 9.47 Å². The highest BCUT2D eigenvalue weighted by Gasteiger charge is 2.19. The van der Waals surface area contributed by atoms with Gasteiger partial charge < -0.3 is 14.8 Å². The second-order valence-corrected chi connectivity index (χ2v) is 6.67. The van der Waals surface area contributed by atoms with E-state index in [1.165, 1.54) is 29.5 Å². The molecule has 24 heavy (non-hydrogen) atoms. The zero-order valence-electron chi connectivity index (χ0n) is 14.8. The van der Waals surface area contributed by atoms with Crippen LogP contribution in [0.5, 0.6) is 11.5 Å². The standard InChI is InChI=1S/C21H27NO2/c1-15(12-16-8-11-20(23-2)21(13-16)24-3)22-19-10-9-17-6-4-5-7-18(17)14-19/h4-8,11,13,15,19,22H,9-10,12,14H2,1-3H3. The number of hydrogen-bond donors (Lipinski definition) is 1. The van der Waals surface area contributed by atoms with Crippen LogP contribution in [0.2, 0.25) is 0 Å². The molecule has 0 saturated heterocycles. The lowest BCUT2D eigenvalue weighted by molar-refractivity contribution is 0.354. The van der Waals surface area contributed by atoms with Gasteiger partial charge in [0.25, 0.3) is 0 Å². The van der Waals surface area contributed by atoms with Crippen LogP contribution in [0, 0.1) is 0 Å². The molecular weight excluding hydrogens is 298 g/mol. The molecule has 0 saturated carbocycles. The Morgan fingerprint density at radius 3 is 2.54 bits per heavy atom. The molecule has 1 N–H and O–H groups in total. The monoisotopic (exact) mass is 325 g/mol. The summed E-state index contributed by atoms with van der Waals surface area (Å²) in [5, 5.41) is 3.80. The third kappa shape index (κ3) is 3.90. The Hall–Kier alpha value is -2.00. The van der Waals surface area contributed by atoms with Gasteiger partial charge in [-0.2, -0.15) is 0 Å². The largest absolute Gasteiger partial charge is 0.493 e. The third-order valence-electron chi connectivity index (χ3n) is 4.86. The maximum absolute atomic E-state index is 5.40. The van der Waals surface area contributed by atoms with Gasteiger partial charge in [-0.25, -0.2) is 0 Å². The van der Waals surface area contributed by atoms with Crippen molar-refractivity contribution in [3.63, 3.8) is 0 Å². The highest BCUT2D eigenvalue weighted by molar-refractivity contribution is 5.43. The van der Waals surface area contributed by atoms with Crippen LogP contribution < -0.4 is 14.8 Å². The Bertz CT molecular complexity index is 683. The van der Waals surface area contributed by atoms with Gasteiger partial charge >= 0.3 is 0 Å².